The second-order valence-corrected chi connectivity index (χ2v) is 14.7. The van der Waals surface area contributed by atoms with Crippen LogP contribution in [-0.4, -0.2) is 24.7 Å². The van der Waals surface area contributed by atoms with E-state index in [1.807, 2.05) is 17.0 Å². The molecule has 44 heavy (non-hydrogen) atoms. The summed E-state index contributed by atoms with van der Waals surface area (Å²) in [7, 11) is 0. The zero-order chi connectivity index (χ0) is 31.1. The molecule has 4 aromatic rings. The number of rotatable bonds is 4. The van der Waals surface area contributed by atoms with E-state index in [-0.39, 0.29) is 34.9 Å². The number of para-hydroxylation sites is 2. The molecule has 2 N–H and O–H groups in total. The highest BCUT2D eigenvalue weighted by atomic mass is 16.2. The number of hydrogen-bond acceptors (Lipinski definition) is 2. The van der Waals surface area contributed by atoms with Crippen LogP contribution in [0.5, 0.6) is 0 Å². The fourth-order valence-electron chi connectivity index (χ4n) is 6.91. The van der Waals surface area contributed by atoms with E-state index < -0.39 is 0 Å². The summed E-state index contributed by atoms with van der Waals surface area (Å²) in [5.74, 6) is 0.180. The van der Waals surface area contributed by atoms with Gasteiger partial charge in [0.2, 0.25) is 0 Å². The van der Waals surface area contributed by atoms with Crippen molar-refractivity contribution in [3.05, 3.63) is 130 Å². The van der Waals surface area contributed by atoms with Crippen molar-refractivity contribution < 1.29 is 4.79 Å². The summed E-state index contributed by atoms with van der Waals surface area (Å²) in [4.78, 5) is 16.0. The Balaban J connectivity index is 1.27. The molecule has 4 nitrogen and oxygen atoms in total. The lowest BCUT2D eigenvalue weighted by Crippen LogP contribution is -2.44. The Morgan fingerprint density at radius 1 is 0.705 bits per heavy atom. The Morgan fingerprint density at radius 3 is 1.61 bits per heavy atom. The molecule has 0 bridgehead atoms. The number of hydrogen-bond donors (Lipinski definition) is 2. The van der Waals surface area contributed by atoms with Crippen LogP contribution < -0.4 is 15.5 Å². The van der Waals surface area contributed by atoms with Crippen molar-refractivity contribution in [3.63, 3.8) is 0 Å². The molecule has 0 aliphatic carbocycles. The van der Waals surface area contributed by atoms with E-state index in [1.165, 1.54) is 33.4 Å². The van der Waals surface area contributed by atoms with Crippen LogP contribution >= 0.6 is 0 Å². The largest absolute Gasteiger partial charge is 0.333 e. The molecular formula is C40H47N3O. The van der Waals surface area contributed by atoms with Crippen LogP contribution in [0, 0.1) is 0 Å². The molecule has 0 saturated carbocycles. The third-order valence-electron chi connectivity index (χ3n) is 9.50. The molecule has 2 aliphatic heterocycles. The quantitative estimate of drug-likeness (QED) is 0.251. The maximum absolute atomic E-state index is 14.1. The summed E-state index contributed by atoms with van der Waals surface area (Å²) >= 11 is 0. The number of nitrogens with zero attached hydrogens (tertiary/aromatic N) is 1. The Kier molecular flexibility index (Phi) is 8.15. The summed E-state index contributed by atoms with van der Waals surface area (Å²) in [6, 6.07) is 35.2. The lowest BCUT2D eigenvalue weighted by molar-refractivity contribution is 0.245. The van der Waals surface area contributed by atoms with Gasteiger partial charge in [0.15, 0.2) is 0 Å². The van der Waals surface area contributed by atoms with Gasteiger partial charge in [-0.3, -0.25) is 4.90 Å². The third kappa shape index (κ3) is 6.19. The van der Waals surface area contributed by atoms with Crippen molar-refractivity contribution in [2.24, 2.45) is 0 Å². The minimum absolute atomic E-state index is 0.0280. The van der Waals surface area contributed by atoms with Gasteiger partial charge in [0.1, 0.15) is 0 Å². The minimum Gasteiger partial charge on any atom is -0.333 e. The van der Waals surface area contributed by atoms with Crippen LogP contribution in [0.1, 0.15) is 87.3 Å². The molecule has 1 saturated heterocycles. The summed E-state index contributed by atoms with van der Waals surface area (Å²) in [6.07, 6.45) is 2.71. The standard InChI is InChI=1S/C40H47N3O/c1-39(2,3)31-21-17-29(18-22-31)37(30-19-23-32(24-20-30)40(4,5)6)34-25-33(26-41-34)42-38(44)43-35-13-9-7-11-27(35)15-16-28-12-8-10-14-36(28)43/h7-14,17-24,33-34,37,41H,15-16,25-26H2,1-6H3,(H,42,44)/t33-,34?/m1/s1. The molecule has 4 heteroatoms. The average molecular weight is 586 g/mol. The molecule has 2 amide bonds. The number of aryl methyl sites for hydroxylation is 2. The Hall–Kier alpha value is -3.89. The first-order valence-corrected chi connectivity index (χ1v) is 16.2. The van der Waals surface area contributed by atoms with E-state index in [0.717, 1.165) is 37.2 Å². The van der Waals surface area contributed by atoms with Crippen LogP contribution in [0.25, 0.3) is 0 Å². The smallest absolute Gasteiger partial charge is 0.326 e. The Morgan fingerprint density at radius 2 is 1.16 bits per heavy atom. The van der Waals surface area contributed by atoms with Gasteiger partial charge in [-0.25, -0.2) is 4.79 Å². The van der Waals surface area contributed by atoms with Gasteiger partial charge in [0.05, 0.1) is 11.4 Å². The molecule has 0 spiro atoms. The molecule has 2 heterocycles. The average Bonchev–Trinajstić information content (AvgIpc) is 3.37. The zero-order valence-corrected chi connectivity index (χ0v) is 27.2. The van der Waals surface area contributed by atoms with Crippen LogP contribution in [-0.2, 0) is 23.7 Å². The van der Waals surface area contributed by atoms with Gasteiger partial charge in [-0.2, -0.15) is 0 Å². The predicted octanol–water partition coefficient (Wildman–Crippen LogP) is 8.79. The van der Waals surface area contributed by atoms with Crippen LogP contribution in [0.2, 0.25) is 0 Å². The fourth-order valence-corrected chi connectivity index (χ4v) is 6.91. The van der Waals surface area contributed by atoms with Crippen molar-refractivity contribution >= 4 is 17.4 Å². The molecular weight excluding hydrogens is 538 g/mol. The first-order chi connectivity index (χ1) is 21.0. The summed E-state index contributed by atoms with van der Waals surface area (Å²) in [5, 5.41) is 7.25. The number of benzene rings is 4. The molecule has 2 atom stereocenters. The second kappa shape index (κ2) is 11.9. The number of amides is 2. The number of fused-ring (bicyclic) bond motifs is 2. The Bertz CT molecular complexity index is 1500. The highest BCUT2D eigenvalue weighted by molar-refractivity contribution is 6.01. The minimum atomic E-state index is -0.0557. The normalized spacial score (nSPS) is 18.5. The molecule has 0 radical (unpaired) electrons. The van der Waals surface area contributed by atoms with E-state index in [4.69, 9.17) is 0 Å². The monoisotopic (exact) mass is 585 g/mol. The molecule has 228 valence electrons. The highest BCUT2D eigenvalue weighted by Gasteiger charge is 2.35. The molecule has 4 aromatic carbocycles. The number of urea groups is 1. The molecule has 2 aliphatic rings. The van der Waals surface area contributed by atoms with Gasteiger partial charge >= 0.3 is 6.03 Å². The summed E-state index contributed by atoms with van der Waals surface area (Å²) in [5.41, 5.74) is 9.87. The van der Waals surface area contributed by atoms with Crippen molar-refractivity contribution in [2.45, 2.75) is 89.6 Å². The molecule has 0 aromatic heterocycles. The van der Waals surface area contributed by atoms with E-state index in [0.29, 0.717) is 0 Å². The molecule has 1 unspecified atom stereocenters. The maximum Gasteiger partial charge on any atom is 0.326 e. The van der Waals surface area contributed by atoms with Gasteiger partial charge in [-0.05, 0) is 75.6 Å². The zero-order valence-electron chi connectivity index (χ0n) is 27.2. The fraction of sp³-hybridized carbons (Fsp3) is 0.375. The maximum atomic E-state index is 14.1. The van der Waals surface area contributed by atoms with Gasteiger partial charge in [-0.1, -0.05) is 126 Å². The van der Waals surface area contributed by atoms with Gasteiger partial charge in [-0.15, -0.1) is 0 Å². The lowest BCUT2D eigenvalue weighted by Gasteiger charge is -2.28. The highest BCUT2D eigenvalue weighted by Crippen LogP contribution is 2.38. The van der Waals surface area contributed by atoms with E-state index in [9.17, 15) is 4.79 Å². The van der Waals surface area contributed by atoms with Crippen molar-refractivity contribution in [1.82, 2.24) is 10.6 Å². The third-order valence-corrected chi connectivity index (χ3v) is 9.50. The van der Waals surface area contributed by atoms with Crippen LogP contribution in [0.15, 0.2) is 97.1 Å². The Labute approximate surface area is 263 Å². The SMILES string of the molecule is CC(C)(C)c1ccc(C(c2ccc(C(C)(C)C)cc2)C2C[C@@H](NC(=O)N3c4ccccc4CCc4ccccc43)CN2)cc1. The number of carbonyl (C=O) groups is 1. The number of carbonyl (C=O) groups excluding carboxylic acids is 1. The van der Waals surface area contributed by atoms with E-state index in [1.54, 1.807) is 0 Å². The van der Waals surface area contributed by atoms with Gasteiger partial charge < -0.3 is 10.6 Å². The van der Waals surface area contributed by atoms with E-state index >= 15 is 0 Å². The lowest BCUT2D eigenvalue weighted by atomic mass is 9.80. The molecule has 6 rings (SSSR count). The van der Waals surface area contributed by atoms with Crippen LogP contribution in [0.3, 0.4) is 0 Å². The predicted molar refractivity (Wildman–Crippen MR) is 183 cm³/mol. The first kappa shape index (κ1) is 30.1. The van der Waals surface area contributed by atoms with Gasteiger partial charge in [0, 0.05) is 24.5 Å². The van der Waals surface area contributed by atoms with Crippen LogP contribution in [0.4, 0.5) is 16.2 Å². The topological polar surface area (TPSA) is 44.4 Å². The van der Waals surface area contributed by atoms with Crippen molar-refractivity contribution in [3.8, 4) is 0 Å². The number of nitrogens with one attached hydrogen (secondary N) is 2. The summed E-state index contributed by atoms with van der Waals surface area (Å²) in [6.45, 7) is 14.3. The van der Waals surface area contributed by atoms with E-state index in [2.05, 4.69) is 137 Å². The van der Waals surface area contributed by atoms with Crippen molar-refractivity contribution in [1.29, 1.82) is 0 Å². The summed E-state index contributed by atoms with van der Waals surface area (Å²) < 4.78 is 0. The van der Waals surface area contributed by atoms with Crippen molar-refractivity contribution in [2.75, 3.05) is 11.4 Å². The first-order valence-electron chi connectivity index (χ1n) is 16.2. The molecule has 1 fully saturated rings. The second-order valence-electron chi connectivity index (χ2n) is 14.7. The number of anilines is 2. The van der Waals surface area contributed by atoms with Gasteiger partial charge in [0.25, 0.3) is 0 Å².